The monoisotopic (exact) mass is 446 g/mol. The van der Waals surface area contributed by atoms with Gasteiger partial charge in [0.15, 0.2) is 11.9 Å². The van der Waals surface area contributed by atoms with E-state index in [0.717, 1.165) is 27.7 Å². The Bertz CT molecular complexity index is 1170. The zero-order valence-corrected chi connectivity index (χ0v) is 19.3. The first-order chi connectivity index (χ1) is 15.9. The van der Waals surface area contributed by atoms with E-state index in [0.29, 0.717) is 19.4 Å². The second kappa shape index (κ2) is 9.61. The molecule has 33 heavy (non-hydrogen) atoms. The maximum absolute atomic E-state index is 13.5. The summed E-state index contributed by atoms with van der Waals surface area (Å²) in [7, 11) is 0. The summed E-state index contributed by atoms with van der Waals surface area (Å²) in [5.74, 6) is -1.89. The van der Waals surface area contributed by atoms with E-state index in [9.17, 15) is 14.4 Å². The van der Waals surface area contributed by atoms with E-state index >= 15 is 0 Å². The van der Waals surface area contributed by atoms with Crippen molar-refractivity contribution in [1.29, 1.82) is 0 Å². The Kier molecular flexibility index (Phi) is 6.63. The third-order valence-corrected chi connectivity index (χ3v) is 6.22. The third-order valence-electron chi connectivity index (χ3n) is 6.22. The van der Waals surface area contributed by atoms with Gasteiger partial charge in [-0.3, -0.25) is 14.4 Å². The van der Waals surface area contributed by atoms with Crippen LogP contribution in [0.4, 0.5) is 0 Å². The minimum Gasteiger partial charge on any atom is -0.454 e. The first-order valence-electron chi connectivity index (χ1n) is 11.5. The van der Waals surface area contributed by atoms with E-state index in [1.165, 1.54) is 6.92 Å². The van der Waals surface area contributed by atoms with Gasteiger partial charge in [0.1, 0.15) is 5.92 Å². The summed E-state index contributed by atoms with van der Waals surface area (Å²) in [5.41, 5.74) is 3.64. The maximum atomic E-state index is 13.5. The van der Waals surface area contributed by atoms with Crippen molar-refractivity contribution >= 4 is 28.6 Å². The van der Waals surface area contributed by atoms with Crippen LogP contribution in [0.5, 0.6) is 0 Å². The SMILES string of the molecule is CC(=O)NCCc1c(C(c2ccccc2)C2C(=O)OC(CC(C)C)C2=O)[nH]c2ccccc12. The highest BCUT2D eigenvalue weighted by Gasteiger charge is 2.49. The second-order valence-corrected chi connectivity index (χ2v) is 9.12. The number of aromatic nitrogens is 1. The van der Waals surface area contributed by atoms with E-state index in [-0.39, 0.29) is 17.6 Å². The fraction of sp³-hybridized carbons (Fsp3) is 0.370. The Morgan fingerprint density at radius 1 is 1.06 bits per heavy atom. The van der Waals surface area contributed by atoms with Gasteiger partial charge in [0.25, 0.3) is 0 Å². The minimum absolute atomic E-state index is 0.0953. The van der Waals surface area contributed by atoms with Crippen LogP contribution < -0.4 is 5.32 Å². The molecule has 172 valence electrons. The van der Waals surface area contributed by atoms with Gasteiger partial charge >= 0.3 is 5.97 Å². The van der Waals surface area contributed by atoms with E-state index < -0.39 is 23.9 Å². The lowest BCUT2D eigenvalue weighted by atomic mass is 9.78. The predicted molar refractivity (Wildman–Crippen MR) is 127 cm³/mol. The molecular weight excluding hydrogens is 416 g/mol. The molecule has 1 fully saturated rings. The lowest BCUT2D eigenvalue weighted by Gasteiger charge is -2.22. The summed E-state index contributed by atoms with van der Waals surface area (Å²) in [6.45, 7) is 5.98. The molecule has 6 heteroatoms. The normalized spacial score (nSPS) is 19.2. The number of hydrogen-bond acceptors (Lipinski definition) is 4. The molecule has 2 heterocycles. The number of Topliss-reactive ketones (excluding diaryl/α,β-unsaturated/α-hetero) is 1. The molecule has 0 radical (unpaired) electrons. The fourth-order valence-corrected chi connectivity index (χ4v) is 4.79. The van der Waals surface area contributed by atoms with Crippen molar-refractivity contribution in [2.45, 2.75) is 45.6 Å². The van der Waals surface area contributed by atoms with Gasteiger partial charge in [-0.1, -0.05) is 62.4 Å². The van der Waals surface area contributed by atoms with Gasteiger partial charge in [0.05, 0.1) is 0 Å². The smallest absolute Gasteiger partial charge is 0.318 e. The van der Waals surface area contributed by atoms with Crippen molar-refractivity contribution in [3.8, 4) is 0 Å². The molecule has 0 saturated carbocycles. The number of aromatic amines is 1. The van der Waals surface area contributed by atoms with E-state index in [4.69, 9.17) is 4.74 Å². The van der Waals surface area contributed by atoms with Gasteiger partial charge in [-0.05, 0) is 36.0 Å². The van der Waals surface area contributed by atoms with Crippen LogP contribution in [0.3, 0.4) is 0 Å². The number of fused-ring (bicyclic) bond motifs is 1. The Hall–Kier alpha value is -3.41. The van der Waals surface area contributed by atoms with Gasteiger partial charge in [-0.15, -0.1) is 0 Å². The zero-order valence-electron chi connectivity index (χ0n) is 19.3. The largest absolute Gasteiger partial charge is 0.454 e. The number of ether oxygens (including phenoxy) is 1. The highest BCUT2D eigenvalue weighted by Crippen LogP contribution is 2.41. The van der Waals surface area contributed by atoms with Crippen LogP contribution in [0.15, 0.2) is 54.6 Å². The molecule has 0 bridgehead atoms. The average molecular weight is 447 g/mol. The lowest BCUT2D eigenvalue weighted by molar-refractivity contribution is -0.145. The van der Waals surface area contributed by atoms with Crippen LogP contribution in [0, 0.1) is 11.8 Å². The molecule has 1 aromatic heterocycles. The molecule has 3 unspecified atom stereocenters. The third kappa shape index (κ3) is 4.70. The van der Waals surface area contributed by atoms with Crippen molar-refractivity contribution in [2.75, 3.05) is 6.54 Å². The molecule has 1 aliphatic heterocycles. The van der Waals surface area contributed by atoms with Crippen LogP contribution in [0.2, 0.25) is 0 Å². The zero-order chi connectivity index (χ0) is 23.5. The molecule has 3 aromatic rings. The van der Waals surface area contributed by atoms with Crippen LogP contribution >= 0.6 is 0 Å². The fourth-order valence-electron chi connectivity index (χ4n) is 4.79. The Labute approximate surface area is 193 Å². The molecule has 2 N–H and O–H groups in total. The molecule has 6 nitrogen and oxygen atoms in total. The molecular formula is C27H30N2O4. The average Bonchev–Trinajstić information content (AvgIpc) is 3.27. The number of nitrogens with one attached hydrogen (secondary N) is 2. The first kappa shape index (κ1) is 22.8. The number of benzene rings is 2. The number of carbonyl (C=O) groups excluding carboxylic acids is 3. The number of cyclic esters (lactones) is 1. The van der Waals surface area contributed by atoms with Gasteiger partial charge < -0.3 is 15.0 Å². The van der Waals surface area contributed by atoms with E-state index in [2.05, 4.69) is 10.3 Å². The highest BCUT2D eigenvalue weighted by molar-refractivity contribution is 6.08. The number of rotatable bonds is 8. The summed E-state index contributed by atoms with van der Waals surface area (Å²) in [4.78, 5) is 41.5. The van der Waals surface area contributed by atoms with Gasteiger partial charge in [-0.2, -0.15) is 0 Å². The Balaban J connectivity index is 1.83. The molecule has 4 rings (SSSR count). The molecule has 3 atom stereocenters. The minimum atomic E-state index is -0.913. The summed E-state index contributed by atoms with van der Waals surface area (Å²) >= 11 is 0. The van der Waals surface area contributed by atoms with Crippen molar-refractivity contribution in [1.82, 2.24) is 10.3 Å². The number of esters is 1. The molecule has 1 saturated heterocycles. The summed E-state index contributed by atoms with van der Waals surface area (Å²) in [5, 5.41) is 3.88. The Morgan fingerprint density at radius 3 is 2.45 bits per heavy atom. The standard InChI is InChI=1S/C27H30N2O4/c1-16(2)15-22-26(31)24(27(32)33-22)23(18-9-5-4-6-10-18)25-20(13-14-28-17(3)30)19-11-7-8-12-21(19)29-25/h4-12,16,22-24,29H,13-15H2,1-3H3,(H,28,30). The number of ketones is 1. The second-order valence-electron chi connectivity index (χ2n) is 9.12. The lowest BCUT2D eigenvalue weighted by Crippen LogP contribution is -2.29. The van der Waals surface area contributed by atoms with Crippen molar-refractivity contribution in [3.63, 3.8) is 0 Å². The molecule has 0 spiro atoms. The van der Waals surface area contributed by atoms with Crippen molar-refractivity contribution in [3.05, 3.63) is 71.4 Å². The number of para-hydroxylation sites is 1. The molecule has 1 aliphatic rings. The molecule has 0 aliphatic carbocycles. The number of amides is 1. The van der Waals surface area contributed by atoms with Crippen LogP contribution in [0.25, 0.3) is 10.9 Å². The van der Waals surface area contributed by atoms with Crippen molar-refractivity contribution < 1.29 is 19.1 Å². The molecule has 1 amide bonds. The van der Waals surface area contributed by atoms with E-state index in [1.807, 2.05) is 68.4 Å². The highest BCUT2D eigenvalue weighted by atomic mass is 16.6. The van der Waals surface area contributed by atoms with Gasteiger partial charge in [0.2, 0.25) is 5.91 Å². The van der Waals surface area contributed by atoms with Crippen LogP contribution in [-0.4, -0.2) is 35.3 Å². The van der Waals surface area contributed by atoms with Crippen LogP contribution in [-0.2, 0) is 25.5 Å². The topological polar surface area (TPSA) is 88.3 Å². The maximum Gasteiger partial charge on any atom is 0.318 e. The number of H-pyrrole nitrogens is 1. The number of hydrogen-bond donors (Lipinski definition) is 2. The summed E-state index contributed by atoms with van der Waals surface area (Å²) in [6.07, 6.45) is 0.388. The van der Waals surface area contributed by atoms with Gasteiger partial charge in [-0.25, -0.2) is 0 Å². The first-order valence-corrected chi connectivity index (χ1v) is 11.5. The van der Waals surface area contributed by atoms with E-state index in [1.54, 1.807) is 0 Å². The molecule has 2 aromatic carbocycles. The van der Waals surface area contributed by atoms with Crippen LogP contribution in [0.1, 0.15) is 49.9 Å². The van der Waals surface area contributed by atoms with Gasteiger partial charge in [0, 0.05) is 36.0 Å². The summed E-state index contributed by atoms with van der Waals surface area (Å²) < 4.78 is 5.59. The predicted octanol–water partition coefficient (Wildman–Crippen LogP) is 4.14. The quantitative estimate of drug-likeness (QED) is 0.402. The van der Waals surface area contributed by atoms with Crippen molar-refractivity contribution in [2.24, 2.45) is 11.8 Å². The number of carbonyl (C=O) groups is 3. The Morgan fingerprint density at radius 2 is 1.76 bits per heavy atom. The summed E-state index contributed by atoms with van der Waals surface area (Å²) in [6, 6.07) is 17.6.